The number of anilines is 1. The minimum absolute atomic E-state index is 0. The number of amides is 2. The molecule has 184 valence electrons. The van der Waals surface area contributed by atoms with Crippen molar-refractivity contribution in [2.45, 2.75) is 38.9 Å². The summed E-state index contributed by atoms with van der Waals surface area (Å²) in [5, 5.41) is 11.9. The van der Waals surface area contributed by atoms with Crippen LogP contribution in [0.25, 0.3) is 11.1 Å². The van der Waals surface area contributed by atoms with Crippen LogP contribution in [-0.4, -0.2) is 61.1 Å². The fourth-order valence-electron chi connectivity index (χ4n) is 4.78. The molecule has 2 aliphatic heterocycles. The van der Waals surface area contributed by atoms with Crippen LogP contribution in [0.5, 0.6) is 0 Å². The number of fused-ring (bicyclic) bond motifs is 1. The van der Waals surface area contributed by atoms with Gasteiger partial charge in [-0.05, 0) is 47.7 Å². The number of carboxylic acid groups (broad SMARTS) is 1. The van der Waals surface area contributed by atoms with E-state index in [1.165, 1.54) is 6.92 Å². The van der Waals surface area contributed by atoms with Gasteiger partial charge in [0.15, 0.2) is 9.84 Å². The Morgan fingerprint density at radius 1 is 1.06 bits per heavy atom. The van der Waals surface area contributed by atoms with Gasteiger partial charge in [-0.15, -0.1) is 12.4 Å². The second-order valence-electron chi connectivity index (χ2n) is 8.87. The number of carbonyl (C=O) groups excluding carboxylic acids is 1. The number of hydrogen-bond acceptors (Lipinski definition) is 5. The molecule has 34 heavy (non-hydrogen) atoms. The summed E-state index contributed by atoms with van der Waals surface area (Å²) < 4.78 is 23.2. The summed E-state index contributed by atoms with van der Waals surface area (Å²) >= 11 is 0. The second-order valence-corrected chi connectivity index (χ2v) is 11.2. The Kier molecular flexibility index (Phi) is 7.90. The van der Waals surface area contributed by atoms with E-state index >= 15 is 0 Å². The van der Waals surface area contributed by atoms with E-state index < -0.39 is 22.0 Å². The lowest BCUT2D eigenvalue weighted by atomic mass is 9.89. The van der Waals surface area contributed by atoms with Gasteiger partial charge in [-0.1, -0.05) is 30.3 Å². The van der Waals surface area contributed by atoms with Crippen LogP contribution in [-0.2, 0) is 21.2 Å². The number of sulfone groups is 1. The van der Waals surface area contributed by atoms with Crippen molar-refractivity contribution >= 4 is 39.9 Å². The lowest BCUT2D eigenvalue weighted by molar-refractivity contribution is -0.117. The monoisotopic (exact) mass is 507 g/mol. The first kappa shape index (κ1) is 26.0. The summed E-state index contributed by atoms with van der Waals surface area (Å²) in [6.45, 7) is 5.26. The molecule has 0 unspecified atom stereocenters. The van der Waals surface area contributed by atoms with Crippen molar-refractivity contribution in [1.29, 1.82) is 0 Å². The molecule has 2 aromatic carbocycles. The van der Waals surface area contributed by atoms with Gasteiger partial charge in [0.25, 0.3) is 0 Å². The summed E-state index contributed by atoms with van der Waals surface area (Å²) in [7, 11) is -2.89. The molecule has 2 atom stereocenters. The third-order valence-corrected chi connectivity index (χ3v) is 8.06. The summed E-state index contributed by atoms with van der Waals surface area (Å²) in [5.74, 6) is 0.351. The third-order valence-electron chi connectivity index (χ3n) is 6.45. The summed E-state index contributed by atoms with van der Waals surface area (Å²) in [5.41, 5.74) is 4.57. The Bertz CT molecular complexity index is 1160. The zero-order valence-corrected chi connectivity index (χ0v) is 20.9. The van der Waals surface area contributed by atoms with E-state index in [1.807, 2.05) is 49.4 Å². The lowest BCUT2D eigenvalue weighted by Gasteiger charge is -2.39. The van der Waals surface area contributed by atoms with Gasteiger partial charge in [0.05, 0.1) is 17.5 Å². The molecule has 1 fully saturated rings. The number of halogens is 1. The fraction of sp³-hybridized carbons (Fsp3) is 0.417. The topological polar surface area (TPSA) is 107 Å². The average molecular weight is 508 g/mol. The van der Waals surface area contributed by atoms with Crippen molar-refractivity contribution in [1.82, 2.24) is 10.2 Å². The Morgan fingerprint density at radius 2 is 1.68 bits per heavy atom. The van der Waals surface area contributed by atoms with E-state index in [0.29, 0.717) is 26.1 Å². The van der Waals surface area contributed by atoms with E-state index in [-0.39, 0.29) is 35.9 Å². The number of rotatable bonds is 4. The van der Waals surface area contributed by atoms with Crippen LogP contribution in [0.3, 0.4) is 0 Å². The molecule has 0 spiro atoms. The molecule has 2 aliphatic rings. The second kappa shape index (κ2) is 10.3. The molecule has 0 aromatic heterocycles. The van der Waals surface area contributed by atoms with Crippen LogP contribution in [0.15, 0.2) is 42.5 Å². The molecule has 2 N–H and O–H groups in total. The van der Waals surface area contributed by atoms with Gasteiger partial charge < -0.3 is 15.3 Å². The molecule has 0 radical (unpaired) electrons. The first-order valence-corrected chi connectivity index (χ1v) is 12.9. The molecule has 8 nitrogen and oxygen atoms in total. The first-order chi connectivity index (χ1) is 15.6. The van der Waals surface area contributed by atoms with E-state index in [9.17, 15) is 23.1 Å². The Labute approximate surface area is 206 Å². The predicted octanol–water partition coefficient (Wildman–Crippen LogP) is 3.46. The van der Waals surface area contributed by atoms with Crippen molar-refractivity contribution < 1.29 is 23.1 Å². The van der Waals surface area contributed by atoms with Crippen molar-refractivity contribution in [3.05, 3.63) is 53.6 Å². The maximum atomic E-state index is 12.2. The molecule has 0 saturated carbocycles. The van der Waals surface area contributed by atoms with Gasteiger partial charge in [0.2, 0.25) is 5.91 Å². The SMILES string of the molecule is CC(=O)N1c2ccc(-c3ccc(CN4CCS(=O)(=O)CC4)cc3)cc2[C@@H](NC(=O)O)C[C@H]1C.Cl. The summed E-state index contributed by atoms with van der Waals surface area (Å²) in [6, 6.07) is 13.4. The first-order valence-electron chi connectivity index (χ1n) is 11.1. The van der Waals surface area contributed by atoms with E-state index in [4.69, 9.17) is 0 Å². The highest BCUT2D eigenvalue weighted by atomic mass is 35.5. The highest BCUT2D eigenvalue weighted by Gasteiger charge is 2.33. The predicted molar refractivity (Wildman–Crippen MR) is 134 cm³/mol. The zero-order chi connectivity index (χ0) is 23.8. The largest absolute Gasteiger partial charge is 0.465 e. The molecule has 2 amide bonds. The van der Waals surface area contributed by atoms with Crippen LogP contribution in [0.4, 0.5) is 10.5 Å². The minimum atomic E-state index is -2.89. The Hall–Kier alpha value is -2.62. The summed E-state index contributed by atoms with van der Waals surface area (Å²) in [6.07, 6.45) is -0.581. The van der Waals surface area contributed by atoms with Gasteiger partial charge >= 0.3 is 6.09 Å². The van der Waals surface area contributed by atoms with Crippen molar-refractivity contribution in [2.75, 3.05) is 29.5 Å². The van der Waals surface area contributed by atoms with Crippen molar-refractivity contribution in [3.63, 3.8) is 0 Å². The molecule has 4 rings (SSSR count). The van der Waals surface area contributed by atoms with Crippen LogP contribution >= 0.6 is 12.4 Å². The zero-order valence-electron chi connectivity index (χ0n) is 19.2. The van der Waals surface area contributed by atoms with Gasteiger partial charge in [0, 0.05) is 38.3 Å². The summed E-state index contributed by atoms with van der Waals surface area (Å²) in [4.78, 5) is 27.5. The molecule has 0 bridgehead atoms. The quantitative estimate of drug-likeness (QED) is 0.656. The van der Waals surface area contributed by atoms with E-state index in [2.05, 4.69) is 10.2 Å². The maximum absolute atomic E-state index is 12.2. The number of benzene rings is 2. The standard InChI is InChI=1S/C24H29N3O5S.ClH/c1-16-13-22(25-24(29)30)21-14-20(7-8-23(21)27(16)17(2)28)19-5-3-18(4-6-19)15-26-9-11-33(31,32)12-10-26;/h3-8,14,16,22,25H,9-13,15H2,1-2H3,(H,29,30);1H/t16-,22+;/m1./s1. The van der Waals surface area contributed by atoms with Crippen molar-refractivity contribution in [2.24, 2.45) is 0 Å². The lowest BCUT2D eigenvalue weighted by Crippen LogP contribution is -2.45. The molecular weight excluding hydrogens is 478 g/mol. The van der Waals surface area contributed by atoms with Crippen LogP contribution < -0.4 is 10.2 Å². The Balaban J connectivity index is 0.00000324. The van der Waals surface area contributed by atoms with Crippen molar-refractivity contribution in [3.8, 4) is 11.1 Å². The molecule has 1 saturated heterocycles. The van der Waals surface area contributed by atoms with Crippen LogP contribution in [0, 0.1) is 0 Å². The Morgan fingerprint density at radius 3 is 2.26 bits per heavy atom. The van der Waals surface area contributed by atoms with E-state index in [1.54, 1.807) is 4.90 Å². The van der Waals surface area contributed by atoms with Gasteiger partial charge in [0.1, 0.15) is 0 Å². The van der Waals surface area contributed by atoms with Crippen LogP contribution in [0.2, 0.25) is 0 Å². The maximum Gasteiger partial charge on any atom is 0.405 e. The highest BCUT2D eigenvalue weighted by molar-refractivity contribution is 7.91. The van der Waals surface area contributed by atoms with E-state index in [0.717, 1.165) is 27.9 Å². The third kappa shape index (κ3) is 5.71. The number of carbonyl (C=O) groups is 2. The van der Waals surface area contributed by atoms with Gasteiger partial charge in [-0.2, -0.15) is 0 Å². The molecule has 2 heterocycles. The molecule has 2 aromatic rings. The van der Waals surface area contributed by atoms with Gasteiger partial charge in [-0.25, -0.2) is 13.2 Å². The normalized spacial score (nSPS) is 21.8. The number of nitrogens with zero attached hydrogens (tertiary/aromatic N) is 2. The van der Waals surface area contributed by atoms with Gasteiger partial charge in [-0.3, -0.25) is 9.69 Å². The highest BCUT2D eigenvalue weighted by Crippen LogP contribution is 2.39. The minimum Gasteiger partial charge on any atom is -0.465 e. The smallest absolute Gasteiger partial charge is 0.405 e. The average Bonchev–Trinajstić information content (AvgIpc) is 2.75. The molecule has 10 heteroatoms. The fourth-order valence-corrected chi connectivity index (χ4v) is 6.06. The molecular formula is C24H30ClN3O5S. The number of nitrogens with one attached hydrogen (secondary N) is 1. The number of hydrogen-bond donors (Lipinski definition) is 2. The van der Waals surface area contributed by atoms with Crippen LogP contribution in [0.1, 0.15) is 37.4 Å². The molecule has 0 aliphatic carbocycles.